The first-order valence-corrected chi connectivity index (χ1v) is 10.9. The Hall–Kier alpha value is -4.98. The lowest BCUT2D eigenvalue weighted by Gasteiger charge is -2.10. The zero-order valence-corrected chi connectivity index (χ0v) is 18.6. The first-order valence-electron chi connectivity index (χ1n) is 10.9. The van der Waals surface area contributed by atoms with E-state index in [4.69, 9.17) is 4.74 Å². The van der Waals surface area contributed by atoms with Gasteiger partial charge < -0.3 is 15.0 Å². The molecule has 35 heavy (non-hydrogen) atoms. The zero-order valence-electron chi connectivity index (χ0n) is 18.6. The van der Waals surface area contributed by atoms with Crippen LogP contribution in [0.15, 0.2) is 102 Å². The number of aromatic amines is 1. The highest BCUT2D eigenvalue weighted by molar-refractivity contribution is 6.03. The minimum absolute atomic E-state index is 0.276. The quantitative estimate of drug-likeness (QED) is 0.350. The van der Waals surface area contributed by atoms with E-state index >= 15 is 0 Å². The van der Waals surface area contributed by atoms with E-state index in [1.807, 2.05) is 66.7 Å². The second-order valence-corrected chi connectivity index (χ2v) is 7.71. The van der Waals surface area contributed by atoms with E-state index in [1.54, 1.807) is 18.2 Å². The monoisotopic (exact) mass is 463 g/mol. The van der Waals surface area contributed by atoms with E-state index in [0.717, 1.165) is 16.9 Å². The van der Waals surface area contributed by atoms with Crippen molar-refractivity contribution in [2.75, 3.05) is 5.32 Å². The van der Waals surface area contributed by atoms with E-state index in [1.165, 1.54) is 23.3 Å². The molecule has 0 saturated carbocycles. The highest BCUT2D eigenvalue weighted by atomic mass is 16.5. The normalized spacial score (nSPS) is 11.1. The Morgan fingerprint density at radius 2 is 1.77 bits per heavy atom. The van der Waals surface area contributed by atoms with Crippen LogP contribution in [0.3, 0.4) is 0 Å². The van der Waals surface area contributed by atoms with Crippen LogP contribution in [0.25, 0.3) is 22.8 Å². The van der Waals surface area contributed by atoms with E-state index in [9.17, 15) is 9.59 Å². The number of benzene rings is 3. The smallest absolute Gasteiger partial charge is 0.261 e. The summed E-state index contributed by atoms with van der Waals surface area (Å²) in [6, 6.07) is 24.6. The van der Waals surface area contributed by atoms with Crippen molar-refractivity contribution in [1.82, 2.24) is 19.7 Å². The number of rotatable bonds is 7. The van der Waals surface area contributed by atoms with Gasteiger partial charge in [0.1, 0.15) is 17.7 Å². The molecular formula is C27H21N5O3. The average molecular weight is 463 g/mol. The molecule has 0 fully saturated rings. The van der Waals surface area contributed by atoms with Crippen LogP contribution in [0.4, 0.5) is 5.69 Å². The topological polar surface area (TPSA) is 102 Å². The fourth-order valence-corrected chi connectivity index (χ4v) is 3.56. The molecule has 2 heterocycles. The molecule has 5 aromatic rings. The molecule has 0 aliphatic heterocycles. The van der Waals surface area contributed by atoms with Gasteiger partial charge in [-0.15, -0.1) is 0 Å². The Kier molecular flexibility index (Phi) is 6.17. The first-order chi connectivity index (χ1) is 17.2. The third-order valence-electron chi connectivity index (χ3n) is 5.32. The SMILES string of the molecule is O=C(/C=C/c1ccc(OCc2ccccc2)cc1)Nc1ccccc1-n1ncc2c(=O)[nH]cnc21. The number of carbonyl (C=O) groups is 1. The van der Waals surface area contributed by atoms with Crippen molar-refractivity contribution in [1.29, 1.82) is 0 Å². The number of nitrogens with one attached hydrogen (secondary N) is 2. The molecule has 0 radical (unpaired) electrons. The molecule has 5 rings (SSSR count). The van der Waals surface area contributed by atoms with Crippen molar-refractivity contribution in [3.8, 4) is 11.4 Å². The molecular weight excluding hydrogens is 442 g/mol. The minimum atomic E-state index is -0.302. The van der Waals surface area contributed by atoms with Crippen molar-refractivity contribution in [2.24, 2.45) is 0 Å². The zero-order chi connectivity index (χ0) is 24.0. The van der Waals surface area contributed by atoms with Crippen molar-refractivity contribution in [2.45, 2.75) is 6.61 Å². The second-order valence-electron chi connectivity index (χ2n) is 7.71. The molecule has 0 aliphatic carbocycles. The summed E-state index contributed by atoms with van der Waals surface area (Å²) in [6.45, 7) is 0.493. The molecule has 172 valence electrons. The van der Waals surface area contributed by atoms with Crippen molar-refractivity contribution < 1.29 is 9.53 Å². The Labute approximate surface area is 200 Å². The maximum absolute atomic E-state index is 12.6. The van der Waals surface area contributed by atoms with Gasteiger partial charge in [0, 0.05) is 6.08 Å². The highest BCUT2D eigenvalue weighted by Crippen LogP contribution is 2.22. The number of hydrogen-bond acceptors (Lipinski definition) is 5. The molecule has 8 nitrogen and oxygen atoms in total. The highest BCUT2D eigenvalue weighted by Gasteiger charge is 2.13. The summed E-state index contributed by atoms with van der Waals surface area (Å²) in [4.78, 5) is 31.4. The van der Waals surface area contributed by atoms with Crippen LogP contribution in [0.2, 0.25) is 0 Å². The number of aromatic nitrogens is 4. The number of amides is 1. The predicted octanol–water partition coefficient (Wildman–Crippen LogP) is 4.34. The second kappa shape index (κ2) is 9.88. The number of fused-ring (bicyclic) bond motifs is 1. The van der Waals surface area contributed by atoms with Gasteiger partial charge in [0.15, 0.2) is 5.65 Å². The Morgan fingerprint density at radius 3 is 2.60 bits per heavy atom. The molecule has 0 aliphatic rings. The average Bonchev–Trinajstić information content (AvgIpc) is 3.33. The summed E-state index contributed by atoms with van der Waals surface area (Å²) in [5.74, 6) is 0.451. The van der Waals surface area contributed by atoms with Crippen molar-refractivity contribution in [3.05, 3.63) is 119 Å². The van der Waals surface area contributed by atoms with Gasteiger partial charge >= 0.3 is 0 Å². The standard InChI is InChI=1S/C27H21N5O3/c33-25(15-12-19-10-13-21(14-11-19)35-17-20-6-2-1-3-7-20)31-23-8-4-5-9-24(23)32-26-22(16-30-32)27(34)29-18-28-26/h1-16,18H,17H2,(H,31,33)(H,28,29,34)/b15-12+. The predicted molar refractivity (Wildman–Crippen MR) is 134 cm³/mol. The van der Waals surface area contributed by atoms with Crippen LogP contribution in [0.5, 0.6) is 5.75 Å². The molecule has 3 aromatic carbocycles. The van der Waals surface area contributed by atoms with Crippen LogP contribution in [-0.2, 0) is 11.4 Å². The summed E-state index contributed by atoms with van der Waals surface area (Å²) < 4.78 is 7.33. The number of carbonyl (C=O) groups excluding carboxylic acids is 1. The van der Waals surface area contributed by atoms with Crippen LogP contribution in [0, 0.1) is 0 Å². The maximum Gasteiger partial charge on any atom is 0.261 e. The number of ether oxygens (including phenoxy) is 1. The molecule has 0 unspecified atom stereocenters. The maximum atomic E-state index is 12.6. The van der Waals surface area contributed by atoms with Gasteiger partial charge in [-0.25, -0.2) is 9.67 Å². The van der Waals surface area contributed by atoms with Gasteiger partial charge in [-0.1, -0.05) is 54.6 Å². The van der Waals surface area contributed by atoms with E-state index in [0.29, 0.717) is 29.0 Å². The third-order valence-corrected chi connectivity index (χ3v) is 5.32. The van der Waals surface area contributed by atoms with E-state index in [-0.39, 0.29) is 11.5 Å². The van der Waals surface area contributed by atoms with Gasteiger partial charge in [-0.05, 0) is 41.5 Å². The number of para-hydroxylation sites is 2. The molecule has 0 saturated heterocycles. The summed E-state index contributed by atoms with van der Waals surface area (Å²) in [6.07, 6.45) is 5.96. The van der Waals surface area contributed by atoms with Gasteiger partial charge in [-0.3, -0.25) is 9.59 Å². The molecule has 0 bridgehead atoms. The number of anilines is 1. The number of H-pyrrole nitrogens is 1. The van der Waals surface area contributed by atoms with Gasteiger partial charge in [0.05, 0.1) is 23.9 Å². The molecule has 2 N–H and O–H groups in total. The Balaban J connectivity index is 1.26. The van der Waals surface area contributed by atoms with Gasteiger partial charge in [0.2, 0.25) is 5.91 Å². The van der Waals surface area contributed by atoms with Gasteiger partial charge in [-0.2, -0.15) is 5.10 Å². The van der Waals surface area contributed by atoms with Crippen LogP contribution < -0.4 is 15.6 Å². The molecule has 8 heteroatoms. The lowest BCUT2D eigenvalue weighted by Crippen LogP contribution is -2.12. The lowest BCUT2D eigenvalue weighted by molar-refractivity contribution is -0.111. The largest absolute Gasteiger partial charge is 0.489 e. The van der Waals surface area contributed by atoms with E-state index in [2.05, 4.69) is 20.4 Å². The number of nitrogens with zero attached hydrogens (tertiary/aromatic N) is 3. The third kappa shape index (κ3) is 5.01. The fraction of sp³-hybridized carbons (Fsp3) is 0.0370. The molecule has 0 atom stereocenters. The minimum Gasteiger partial charge on any atom is -0.489 e. The molecule has 2 aromatic heterocycles. The summed E-state index contributed by atoms with van der Waals surface area (Å²) in [5.41, 5.74) is 3.23. The number of hydrogen-bond donors (Lipinski definition) is 2. The van der Waals surface area contributed by atoms with Crippen LogP contribution in [-0.4, -0.2) is 25.7 Å². The lowest BCUT2D eigenvalue weighted by atomic mass is 10.2. The Bertz CT molecular complexity index is 1550. The summed E-state index contributed by atoms with van der Waals surface area (Å²) in [7, 11) is 0. The van der Waals surface area contributed by atoms with Gasteiger partial charge in [0.25, 0.3) is 5.56 Å². The fourth-order valence-electron chi connectivity index (χ4n) is 3.56. The Morgan fingerprint density at radius 1 is 1.00 bits per heavy atom. The van der Waals surface area contributed by atoms with E-state index < -0.39 is 0 Å². The van der Waals surface area contributed by atoms with Crippen LogP contribution in [0.1, 0.15) is 11.1 Å². The van der Waals surface area contributed by atoms with Crippen LogP contribution >= 0.6 is 0 Å². The van der Waals surface area contributed by atoms with Crippen molar-refractivity contribution in [3.63, 3.8) is 0 Å². The first kappa shape index (κ1) is 21.8. The molecule has 1 amide bonds. The summed E-state index contributed by atoms with van der Waals surface area (Å²) >= 11 is 0. The summed E-state index contributed by atoms with van der Waals surface area (Å²) in [5, 5.41) is 7.52. The van der Waals surface area contributed by atoms with Crippen molar-refractivity contribution >= 4 is 28.7 Å². The molecule has 0 spiro atoms.